The molecule has 0 saturated heterocycles. The van der Waals surface area contributed by atoms with Crippen LogP contribution in [0.1, 0.15) is 54.4 Å². The van der Waals surface area contributed by atoms with E-state index in [1.165, 1.54) is 0 Å². The highest BCUT2D eigenvalue weighted by Gasteiger charge is 1.82. The maximum Gasteiger partial charge on any atom is -0.0313 e. The van der Waals surface area contributed by atoms with Gasteiger partial charge in [-0.25, -0.2) is 0 Å². The molecular weight excluding hydrogens is 168 g/mol. The summed E-state index contributed by atoms with van der Waals surface area (Å²) in [5.41, 5.74) is 2.32. The summed E-state index contributed by atoms with van der Waals surface area (Å²) in [5, 5.41) is 0. The lowest BCUT2D eigenvalue weighted by Crippen LogP contribution is -1.72. The minimum Gasteiger partial charge on any atom is -0.0958 e. The second-order valence-corrected chi connectivity index (χ2v) is 2.36. The monoisotopic (exact) mass is 196 g/mol. The number of hydrogen-bond donors (Lipinski definition) is 0. The molecule has 0 aliphatic heterocycles. The molecule has 0 aromatic rings. The van der Waals surface area contributed by atoms with E-state index in [2.05, 4.69) is 27.0 Å². The van der Waals surface area contributed by atoms with Crippen molar-refractivity contribution in [1.29, 1.82) is 0 Å². The van der Waals surface area contributed by atoms with E-state index in [0.717, 1.165) is 24.0 Å². The maximum atomic E-state index is 3.85. The van der Waals surface area contributed by atoms with Crippen LogP contribution in [0.4, 0.5) is 0 Å². The summed E-state index contributed by atoms with van der Waals surface area (Å²) in [6.45, 7) is 19.9. The Morgan fingerprint density at radius 1 is 0.786 bits per heavy atom. The third-order valence-electron chi connectivity index (χ3n) is 1.46. The number of rotatable bonds is 4. The largest absolute Gasteiger partial charge is 0.0958 e. The molecule has 0 aliphatic rings. The van der Waals surface area contributed by atoms with Gasteiger partial charge in [0.2, 0.25) is 0 Å². The zero-order chi connectivity index (χ0) is 12.0. The van der Waals surface area contributed by atoms with Gasteiger partial charge in [0.1, 0.15) is 0 Å². The van der Waals surface area contributed by atoms with Crippen LogP contribution in [0.15, 0.2) is 36.5 Å². The molecule has 14 heavy (non-hydrogen) atoms. The van der Waals surface area contributed by atoms with E-state index in [1.54, 1.807) is 0 Å². The molecular formula is C14H28. The Kier molecular flexibility index (Phi) is 24.4. The second kappa shape index (κ2) is 18.1. The summed E-state index contributed by atoms with van der Waals surface area (Å²) in [6.07, 6.45) is 6.11. The molecule has 0 heteroatoms. The van der Waals surface area contributed by atoms with Gasteiger partial charge in [-0.15, -0.1) is 0 Å². The van der Waals surface area contributed by atoms with Crippen molar-refractivity contribution in [2.45, 2.75) is 54.4 Å². The minimum absolute atomic E-state index is 1.02. The van der Waals surface area contributed by atoms with E-state index in [1.807, 2.05) is 39.8 Å². The lowest BCUT2D eigenvalue weighted by Gasteiger charge is -1.93. The minimum atomic E-state index is 1.02. The van der Waals surface area contributed by atoms with E-state index in [9.17, 15) is 0 Å². The maximum absolute atomic E-state index is 3.85. The molecule has 0 atom stereocenters. The van der Waals surface area contributed by atoms with Crippen LogP contribution in [0, 0.1) is 0 Å². The third kappa shape index (κ3) is 17.3. The Bertz CT molecular complexity index is 131. The average molecular weight is 196 g/mol. The summed E-state index contributed by atoms with van der Waals surface area (Å²) >= 11 is 0. The molecule has 0 aliphatic carbocycles. The Hall–Kier alpha value is -0.780. The predicted octanol–water partition coefficient (Wildman–Crippen LogP) is 5.53. The molecule has 0 bridgehead atoms. The van der Waals surface area contributed by atoms with Crippen molar-refractivity contribution in [3.63, 3.8) is 0 Å². The zero-order valence-corrected chi connectivity index (χ0v) is 11.0. The van der Waals surface area contributed by atoms with Crippen LogP contribution in [0.3, 0.4) is 0 Å². The van der Waals surface area contributed by atoms with E-state index in [4.69, 9.17) is 0 Å². The first-order valence-corrected chi connectivity index (χ1v) is 5.74. The van der Waals surface area contributed by atoms with Crippen LogP contribution < -0.4 is 0 Å². The molecule has 0 fully saturated rings. The van der Waals surface area contributed by atoms with Gasteiger partial charge in [-0.1, -0.05) is 78.0 Å². The highest BCUT2D eigenvalue weighted by Crippen LogP contribution is 2.03. The fourth-order valence-electron chi connectivity index (χ4n) is 0.471. The third-order valence-corrected chi connectivity index (χ3v) is 1.46. The summed E-state index contributed by atoms with van der Waals surface area (Å²) in [7, 11) is 0. The molecule has 0 radical (unpaired) electrons. The van der Waals surface area contributed by atoms with Gasteiger partial charge in [0, 0.05) is 0 Å². The highest BCUT2D eigenvalue weighted by molar-refractivity contribution is 5.23. The van der Waals surface area contributed by atoms with Crippen LogP contribution in [0.5, 0.6) is 0 Å². The first-order chi connectivity index (χ1) is 6.70. The molecule has 0 saturated carbocycles. The molecule has 0 amide bonds. The van der Waals surface area contributed by atoms with E-state index >= 15 is 0 Å². The van der Waals surface area contributed by atoms with Gasteiger partial charge in [-0.3, -0.25) is 0 Å². The van der Waals surface area contributed by atoms with Crippen molar-refractivity contribution in [1.82, 2.24) is 0 Å². The van der Waals surface area contributed by atoms with Crippen molar-refractivity contribution in [2.24, 2.45) is 0 Å². The van der Waals surface area contributed by atoms with Gasteiger partial charge in [-0.2, -0.15) is 0 Å². The molecule has 84 valence electrons. The standard InChI is InChI=1S/C10H16.2C2H6/c1-5-9(3)7-8-10(4)6-2;2*1-2/h7-8H,3-6H2,1-2H3;2*1-2H3/b8-7-;;. The van der Waals surface area contributed by atoms with Gasteiger partial charge < -0.3 is 0 Å². The zero-order valence-electron chi connectivity index (χ0n) is 11.0. The molecule has 0 spiro atoms. The fourth-order valence-corrected chi connectivity index (χ4v) is 0.471. The normalized spacial score (nSPS) is 8.14. The van der Waals surface area contributed by atoms with Crippen LogP contribution in [0.2, 0.25) is 0 Å². The Morgan fingerprint density at radius 2 is 1.00 bits per heavy atom. The highest BCUT2D eigenvalue weighted by atomic mass is 13.9. The van der Waals surface area contributed by atoms with Crippen LogP contribution in [-0.4, -0.2) is 0 Å². The first kappa shape index (κ1) is 18.9. The predicted molar refractivity (Wildman–Crippen MR) is 70.7 cm³/mol. The summed E-state index contributed by atoms with van der Waals surface area (Å²) in [6, 6.07) is 0. The van der Waals surface area contributed by atoms with Gasteiger partial charge in [-0.05, 0) is 12.8 Å². The topological polar surface area (TPSA) is 0 Å². The molecule has 0 unspecified atom stereocenters. The van der Waals surface area contributed by atoms with E-state index in [-0.39, 0.29) is 0 Å². The molecule has 0 N–H and O–H groups in total. The van der Waals surface area contributed by atoms with Gasteiger partial charge in [0.15, 0.2) is 0 Å². The van der Waals surface area contributed by atoms with Crippen molar-refractivity contribution in [3.8, 4) is 0 Å². The number of hydrogen-bond acceptors (Lipinski definition) is 0. The van der Waals surface area contributed by atoms with Gasteiger partial charge in [0.05, 0.1) is 0 Å². The van der Waals surface area contributed by atoms with Crippen molar-refractivity contribution in [3.05, 3.63) is 36.5 Å². The first-order valence-electron chi connectivity index (χ1n) is 5.74. The van der Waals surface area contributed by atoms with Crippen LogP contribution in [0.25, 0.3) is 0 Å². The van der Waals surface area contributed by atoms with Gasteiger partial charge >= 0.3 is 0 Å². The second-order valence-electron chi connectivity index (χ2n) is 2.36. The average Bonchev–Trinajstić information content (AvgIpc) is 2.30. The Balaban J connectivity index is -0.000000266. The van der Waals surface area contributed by atoms with Crippen molar-refractivity contribution < 1.29 is 0 Å². The fraction of sp³-hybridized carbons (Fsp3) is 0.571. The molecule has 0 aromatic carbocycles. The summed E-state index contributed by atoms with van der Waals surface area (Å²) < 4.78 is 0. The molecule has 0 heterocycles. The lowest BCUT2D eigenvalue weighted by atomic mass is 10.1. The summed E-state index contributed by atoms with van der Waals surface area (Å²) in [5.74, 6) is 0. The van der Waals surface area contributed by atoms with Crippen LogP contribution >= 0.6 is 0 Å². The Labute approximate surface area is 91.4 Å². The van der Waals surface area contributed by atoms with E-state index in [0.29, 0.717) is 0 Å². The summed E-state index contributed by atoms with van der Waals surface area (Å²) in [4.78, 5) is 0. The van der Waals surface area contributed by atoms with Crippen molar-refractivity contribution >= 4 is 0 Å². The molecule has 0 nitrogen and oxygen atoms in total. The van der Waals surface area contributed by atoms with Gasteiger partial charge in [0.25, 0.3) is 0 Å². The molecule has 0 rings (SSSR count). The smallest absolute Gasteiger partial charge is 0.0313 e. The van der Waals surface area contributed by atoms with Crippen LogP contribution in [-0.2, 0) is 0 Å². The van der Waals surface area contributed by atoms with E-state index < -0.39 is 0 Å². The lowest BCUT2D eigenvalue weighted by molar-refractivity contribution is 1.14. The quantitative estimate of drug-likeness (QED) is 0.519. The SMILES string of the molecule is C=C(/C=C\C(=C)CC)CC.CC.CC. The van der Waals surface area contributed by atoms with Crippen molar-refractivity contribution in [2.75, 3.05) is 0 Å². The molecule has 0 aromatic heterocycles. The Morgan fingerprint density at radius 3 is 1.14 bits per heavy atom. The number of allylic oxidation sites excluding steroid dienone is 4.